The Labute approximate surface area is 107 Å². The number of hydrogen-bond acceptors (Lipinski definition) is 3. The van der Waals surface area contributed by atoms with Crippen molar-refractivity contribution in [2.45, 2.75) is 19.0 Å². The fraction of sp³-hybridized carbons (Fsp3) is 0.538. The largest absolute Gasteiger partial charge is 0.395 e. The number of hydrogen-bond donors (Lipinski definition) is 2. The van der Waals surface area contributed by atoms with E-state index in [1.165, 1.54) is 0 Å². The van der Waals surface area contributed by atoms with E-state index in [4.69, 9.17) is 11.6 Å². The number of nitrogens with one attached hydrogen (secondary N) is 1. The van der Waals surface area contributed by atoms with Crippen LogP contribution < -0.4 is 5.32 Å². The number of aliphatic hydroxyl groups excluding tert-OH is 1. The Kier molecular flexibility index (Phi) is 4.80. The first-order valence-corrected chi connectivity index (χ1v) is 6.47. The lowest BCUT2D eigenvalue weighted by molar-refractivity contribution is 0.196. The lowest BCUT2D eigenvalue weighted by Crippen LogP contribution is -2.39. The van der Waals surface area contributed by atoms with Crippen LogP contribution in [0.1, 0.15) is 12.0 Å². The Morgan fingerprint density at radius 1 is 1.41 bits per heavy atom. The molecule has 1 unspecified atom stereocenters. The van der Waals surface area contributed by atoms with Crippen molar-refractivity contribution in [3.8, 4) is 0 Å². The molecule has 4 heteroatoms. The third kappa shape index (κ3) is 3.68. The molecule has 0 amide bonds. The minimum absolute atomic E-state index is 0.181. The van der Waals surface area contributed by atoms with Crippen molar-refractivity contribution in [1.29, 1.82) is 0 Å². The van der Waals surface area contributed by atoms with Crippen LogP contribution in [0.4, 0.5) is 0 Å². The van der Waals surface area contributed by atoms with Crippen LogP contribution in [0.5, 0.6) is 0 Å². The summed E-state index contributed by atoms with van der Waals surface area (Å²) in [7, 11) is 0. The molecule has 0 saturated carbocycles. The molecule has 0 spiro atoms. The molecule has 1 saturated heterocycles. The highest BCUT2D eigenvalue weighted by atomic mass is 35.5. The van der Waals surface area contributed by atoms with E-state index in [1.54, 1.807) is 0 Å². The van der Waals surface area contributed by atoms with E-state index in [2.05, 4.69) is 16.3 Å². The summed E-state index contributed by atoms with van der Waals surface area (Å²) in [6.07, 6.45) is 1.11. The first-order valence-electron chi connectivity index (χ1n) is 6.09. The smallest absolute Gasteiger partial charge is 0.0597 e. The molecule has 3 nitrogen and oxygen atoms in total. The average Bonchev–Trinajstić information content (AvgIpc) is 2.57. The second-order valence-corrected chi connectivity index (χ2v) is 4.92. The molecule has 2 rings (SSSR count). The SMILES string of the molecule is OCC1CN(Cc2ccccc2Cl)CCCN1. The van der Waals surface area contributed by atoms with Gasteiger partial charge in [-0.2, -0.15) is 0 Å². The summed E-state index contributed by atoms with van der Waals surface area (Å²) in [5.74, 6) is 0. The number of benzene rings is 1. The van der Waals surface area contributed by atoms with Gasteiger partial charge in [0.05, 0.1) is 6.61 Å². The first kappa shape index (κ1) is 12.8. The summed E-state index contributed by atoms with van der Waals surface area (Å²) < 4.78 is 0. The fourth-order valence-electron chi connectivity index (χ4n) is 2.21. The summed E-state index contributed by atoms with van der Waals surface area (Å²) in [6.45, 7) is 3.96. The van der Waals surface area contributed by atoms with Gasteiger partial charge in [0, 0.05) is 24.2 Å². The molecule has 1 aromatic rings. The predicted octanol–water partition coefficient (Wildman–Crippen LogP) is 1.50. The first-order chi connectivity index (χ1) is 8.29. The highest BCUT2D eigenvalue weighted by molar-refractivity contribution is 6.31. The molecule has 0 aromatic heterocycles. The molecule has 17 heavy (non-hydrogen) atoms. The number of aliphatic hydroxyl groups is 1. The molecule has 1 aromatic carbocycles. The minimum atomic E-state index is 0.181. The average molecular weight is 255 g/mol. The molecule has 1 fully saturated rings. The van der Waals surface area contributed by atoms with Crippen LogP contribution in [0.15, 0.2) is 24.3 Å². The van der Waals surface area contributed by atoms with E-state index in [1.807, 2.05) is 18.2 Å². The van der Waals surface area contributed by atoms with Crippen LogP contribution >= 0.6 is 11.6 Å². The monoisotopic (exact) mass is 254 g/mol. The van der Waals surface area contributed by atoms with Crippen LogP contribution in [0, 0.1) is 0 Å². The van der Waals surface area contributed by atoms with Crippen LogP contribution in [0.25, 0.3) is 0 Å². The van der Waals surface area contributed by atoms with Crippen LogP contribution in [-0.4, -0.2) is 42.3 Å². The van der Waals surface area contributed by atoms with Gasteiger partial charge < -0.3 is 10.4 Å². The molecule has 1 aliphatic heterocycles. The Bertz CT molecular complexity index is 359. The summed E-state index contributed by atoms with van der Waals surface area (Å²) in [6, 6.07) is 8.14. The van der Waals surface area contributed by atoms with Crippen molar-refractivity contribution in [2.24, 2.45) is 0 Å². The third-order valence-corrected chi connectivity index (χ3v) is 3.50. The summed E-state index contributed by atoms with van der Waals surface area (Å²) in [4.78, 5) is 2.35. The molecular weight excluding hydrogens is 236 g/mol. The van der Waals surface area contributed by atoms with Gasteiger partial charge in [0.2, 0.25) is 0 Å². The fourth-order valence-corrected chi connectivity index (χ4v) is 2.41. The zero-order valence-corrected chi connectivity index (χ0v) is 10.7. The zero-order valence-electron chi connectivity index (χ0n) is 9.90. The van der Waals surface area contributed by atoms with Crippen LogP contribution in [0.3, 0.4) is 0 Å². The van der Waals surface area contributed by atoms with E-state index in [0.717, 1.165) is 43.2 Å². The van der Waals surface area contributed by atoms with Crippen LogP contribution in [0.2, 0.25) is 5.02 Å². The molecule has 1 atom stereocenters. The second-order valence-electron chi connectivity index (χ2n) is 4.51. The number of rotatable bonds is 3. The van der Waals surface area contributed by atoms with Crippen molar-refractivity contribution >= 4 is 11.6 Å². The van der Waals surface area contributed by atoms with Gasteiger partial charge in [-0.3, -0.25) is 4.90 Å². The highest BCUT2D eigenvalue weighted by Crippen LogP contribution is 2.17. The Morgan fingerprint density at radius 3 is 3.00 bits per heavy atom. The summed E-state index contributed by atoms with van der Waals surface area (Å²) in [5.41, 5.74) is 1.16. The summed E-state index contributed by atoms with van der Waals surface area (Å²) >= 11 is 6.16. The molecule has 1 heterocycles. The zero-order chi connectivity index (χ0) is 12.1. The maximum atomic E-state index is 9.24. The van der Waals surface area contributed by atoms with E-state index in [0.29, 0.717) is 0 Å². The van der Waals surface area contributed by atoms with Crippen LogP contribution in [-0.2, 0) is 6.54 Å². The second kappa shape index (κ2) is 6.36. The van der Waals surface area contributed by atoms with Crippen molar-refractivity contribution in [2.75, 3.05) is 26.2 Å². The maximum absolute atomic E-state index is 9.24. The lowest BCUT2D eigenvalue weighted by atomic mass is 10.2. The van der Waals surface area contributed by atoms with Gasteiger partial charge in [-0.05, 0) is 31.1 Å². The van der Waals surface area contributed by atoms with Gasteiger partial charge >= 0.3 is 0 Å². The lowest BCUT2D eigenvalue weighted by Gasteiger charge is -2.23. The highest BCUT2D eigenvalue weighted by Gasteiger charge is 2.17. The Hall–Kier alpha value is -0.610. The number of nitrogens with zero attached hydrogens (tertiary/aromatic N) is 1. The Balaban J connectivity index is 2.00. The minimum Gasteiger partial charge on any atom is -0.395 e. The standard InChI is InChI=1S/C13H19ClN2O/c14-13-5-2-1-4-11(13)8-16-7-3-6-15-12(9-16)10-17/h1-2,4-5,12,15,17H,3,6-10H2. The molecule has 1 aliphatic rings. The van der Waals surface area contributed by atoms with E-state index in [-0.39, 0.29) is 12.6 Å². The molecule has 2 N–H and O–H groups in total. The molecular formula is C13H19ClN2O. The van der Waals surface area contributed by atoms with Crippen molar-refractivity contribution in [1.82, 2.24) is 10.2 Å². The Morgan fingerprint density at radius 2 is 2.24 bits per heavy atom. The summed E-state index contributed by atoms with van der Waals surface area (Å²) in [5, 5.41) is 13.4. The molecule has 0 bridgehead atoms. The van der Waals surface area contributed by atoms with E-state index < -0.39 is 0 Å². The van der Waals surface area contributed by atoms with E-state index >= 15 is 0 Å². The number of halogens is 1. The molecule has 0 aliphatic carbocycles. The molecule has 94 valence electrons. The quantitative estimate of drug-likeness (QED) is 0.858. The van der Waals surface area contributed by atoms with E-state index in [9.17, 15) is 5.11 Å². The molecule has 0 radical (unpaired) electrons. The normalized spacial score (nSPS) is 22.4. The van der Waals surface area contributed by atoms with Gasteiger partial charge in [0.25, 0.3) is 0 Å². The third-order valence-electron chi connectivity index (χ3n) is 3.13. The van der Waals surface area contributed by atoms with Gasteiger partial charge in [-0.25, -0.2) is 0 Å². The van der Waals surface area contributed by atoms with Gasteiger partial charge in [0.1, 0.15) is 0 Å². The van der Waals surface area contributed by atoms with Gasteiger partial charge in [-0.1, -0.05) is 29.8 Å². The van der Waals surface area contributed by atoms with Crippen molar-refractivity contribution in [3.63, 3.8) is 0 Å². The topological polar surface area (TPSA) is 35.5 Å². The maximum Gasteiger partial charge on any atom is 0.0597 e. The van der Waals surface area contributed by atoms with Gasteiger partial charge in [0.15, 0.2) is 0 Å². The van der Waals surface area contributed by atoms with Gasteiger partial charge in [-0.15, -0.1) is 0 Å². The predicted molar refractivity (Wildman–Crippen MR) is 70.2 cm³/mol. The van der Waals surface area contributed by atoms with Crippen molar-refractivity contribution in [3.05, 3.63) is 34.9 Å². The van der Waals surface area contributed by atoms with Crippen molar-refractivity contribution < 1.29 is 5.11 Å².